The molecule has 0 radical (unpaired) electrons. The molecular weight excluding hydrogens is 438 g/mol. The van der Waals surface area contributed by atoms with E-state index in [0.29, 0.717) is 44.5 Å². The van der Waals surface area contributed by atoms with Crippen LogP contribution in [0.25, 0.3) is 6.08 Å². The molecule has 0 saturated carbocycles. The number of ether oxygens (including phenoxy) is 2. The zero-order valence-electron chi connectivity index (χ0n) is 17.1. The Morgan fingerprint density at radius 3 is 2.68 bits per heavy atom. The van der Waals surface area contributed by atoms with E-state index in [1.165, 1.54) is 24.9 Å². The van der Waals surface area contributed by atoms with Crippen molar-refractivity contribution in [3.05, 3.63) is 57.5 Å². The first kappa shape index (κ1) is 22.7. The lowest BCUT2D eigenvalue weighted by atomic mass is 10.2. The van der Waals surface area contributed by atoms with Gasteiger partial charge in [-0.3, -0.25) is 4.79 Å². The summed E-state index contributed by atoms with van der Waals surface area (Å²) in [6.07, 6.45) is 1.19. The summed E-state index contributed by atoms with van der Waals surface area (Å²) >= 11 is 7.44. The number of nitriles is 1. The highest BCUT2D eigenvalue weighted by Crippen LogP contribution is 2.37. The first-order valence-electron chi connectivity index (χ1n) is 9.28. The second kappa shape index (κ2) is 9.88. The predicted molar refractivity (Wildman–Crippen MR) is 122 cm³/mol. The van der Waals surface area contributed by atoms with E-state index in [-0.39, 0.29) is 5.91 Å². The molecule has 31 heavy (non-hydrogen) atoms. The van der Waals surface area contributed by atoms with Crippen molar-refractivity contribution in [3.8, 4) is 23.3 Å². The second-order valence-corrected chi connectivity index (χ2v) is 8.23. The zero-order valence-corrected chi connectivity index (χ0v) is 18.7. The maximum Gasteiger partial charge on any atom is 0.286 e. The number of thioether (sulfide) groups is 1. The number of nitrogens with zero attached hydrogens (tertiary/aromatic N) is 3. The molecule has 1 heterocycles. The number of hydrogen-bond acceptors (Lipinski definition) is 7. The molecule has 7 nitrogen and oxygen atoms in total. The monoisotopic (exact) mass is 457 g/mol. The van der Waals surface area contributed by atoms with E-state index in [1.807, 2.05) is 6.07 Å². The Morgan fingerprint density at radius 2 is 2.03 bits per heavy atom. The molecule has 0 saturated heterocycles. The Bertz CT molecular complexity index is 1110. The number of aliphatic hydroxyl groups is 1. The fourth-order valence-corrected chi connectivity index (χ4v) is 3.92. The van der Waals surface area contributed by atoms with Gasteiger partial charge in [0.15, 0.2) is 16.7 Å². The number of benzene rings is 2. The Labute approximate surface area is 189 Å². The standard InChI is InChI=1S/C22H20ClN3O4S/c1-13(27)12-26(2)22-25-21(28)20(31-22)10-14-4-7-18(19(9-14)29-3)30-17-6-5-15(11-24)8-16(17)23/h4-10,13,27H,12H2,1-3H3/b20-10-. The summed E-state index contributed by atoms with van der Waals surface area (Å²) in [6.45, 7) is 2.06. The molecule has 0 aromatic heterocycles. The minimum Gasteiger partial charge on any atom is -0.493 e. The van der Waals surface area contributed by atoms with Crippen molar-refractivity contribution < 1.29 is 19.4 Å². The van der Waals surface area contributed by atoms with E-state index in [0.717, 1.165) is 5.56 Å². The number of likely N-dealkylation sites (N-methyl/N-ethyl adjacent to an activating group) is 1. The summed E-state index contributed by atoms with van der Waals surface area (Å²) in [6, 6.07) is 12.0. The van der Waals surface area contributed by atoms with Crippen molar-refractivity contribution in [2.45, 2.75) is 13.0 Å². The lowest BCUT2D eigenvalue weighted by Gasteiger charge is -2.18. The van der Waals surface area contributed by atoms with Crippen molar-refractivity contribution in [2.24, 2.45) is 4.99 Å². The van der Waals surface area contributed by atoms with E-state index in [4.69, 9.17) is 26.3 Å². The number of rotatable bonds is 6. The van der Waals surface area contributed by atoms with E-state index in [2.05, 4.69) is 4.99 Å². The third-order valence-corrected chi connectivity index (χ3v) is 5.63. The lowest BCUT2D eigenvalue weighted by molar-refractivity contribution is -0.113. The predicted octanol–water partition coefficient (Wildman–Crippen LogP) is 4.30. The molecule has 1 aliphatic heterocycles. The minimum absolute atomic E-state index is 0.311. The topological polar surface area (TPSA) is 95.2 Å². The number of carbonyl (C=O) groups is 1. The fraction of sp³-hybridized carbons (Fsp3) is 0.227. The molecule has 2 aromatic rings. The van der Waals surface area contributed by atoms with Gasteiger partial charge in [-0.2, -0.15) is 10.3 Å². The maximum absolute atomic E-state index is 12.3. The van der Waals surface area contributed by atoms with Crippen molar-refractivity contribution in [3.63, 3.8) is 0 Å². The summed E-state index contributed by atoms with van der Waals surface area (Å²) < 4.78 is 11.3. The number of amides is 1. The average Bonchev–Trinajstić information content (AvgIpc) is 3.10. The molecule has 0 aliphatic carbocycles. The first-order chi connectivity index (χ1) is 14.8. The first-order valence-corrected chi connectivity index (χ1v) is 10.5. The molecule has 0 bridgehead atoms. The Balaban J connectivity index is 1.79. The molecule has 160 valence electrons. The second-order valence-electron chi connectivity index (χ2n) is 6.81. The molecular formula is C22H20ClN3O4S. The molecule has 9 heteroatoms. The van der Waals surface area contributed by atoms with E-state index in [9.17, 15) is 9.90 Å². The highest BCUT2D eigenvalue weighted by molar-refractivity contribution is 8.18. The number of carbonyl (C=O) groups excluding carboxylic acids is 1. The number of halogens is 1. The molecule has 2 aromatic carbocycles. The van der Waals surface area contributed by atoms with Gasteiger partial charge in [-0.15, -0.1) is 0 Å². The lowest BCUT2D eigenvalue weighted by Crippen LogP contribution is -2.30. The molecule has 1 unspecified atom stereocenters. The smallest absolute Gasteiger partial charge is 0.286 e. The van der Waals surface area contributed by atoms with Crippen molar-refractivity contribution >= 4 is 40.5 Å². The van der Waals surface area contributed by atoms with E-state index < -0.39 is 6.10 Å². The van der Waals surface area contributed by atoms with Crippen LogP contribution in [-0.2, 0) is 4.79 Å². The normalized spacial score (nSPS) is 15.4. The molecule has 0 spiro atoms. The summed E-state index contributed by atoms with van der Waals surface area (Å²) in [4.78, 5) is 18.5. The van der Waals surface area contributed by atoms with Crippen molar-refractivity contribution in [1.82, 2.24) is 4.90 Å². The van der Waals surface area contributed by atoms with Crippen LogP contribution in [0.1, 0.15) is 18.1 Å². The molecule has 0 fully saturated rings. The maximum atomic E-state index is 12.3. The Hall–Kier alpha value is -2.99. The van der Waals surface area contributed by atoms with Gasteiger partial charge in [0.1, 0.15) is 5.75 Å². The Morgan fingerprint density at radius 1 is 1.29 bits per heavy atom. The third-order valence-electron chi connectivity index (χ3n) is 4.24. The summed E-state index contributed by atoms with van der Waals surface area (Å²) in [5.74, 6) is 0.958. The van der Waals surface area contributed by atoms with Crippen LogP contribution in [0.5, 0.6) is 17.2 Å². The van der Waals surface area contributed by atoms with Gasteiger partial charge in [0.2, 0.25) is 0 Å². The molecule has 3 rings (SSSR count). The largest absolute Gasteiger partial charge is 0.493 e. The van der Waals surface area contributed by atoms with Gasteiger partial charge in [-0.1, -0.05) is 17.7 Å². The molecule has 1 aliphatic rings. The fourth-order valence-electron chi connectivity index (χ4n) is 2.82. The van der Waals surface area contributed by atoms with Gasteiger partial charge < -0.3 is 19.5 Å². The summed E-state index contributed by atoms with van der Waals surface area (Å²) in [5, 5.41) is 19.3. The Kier molecular flexibility index (Phi) is 7.23. The minimum atomic E-state index is -0.530. The van der Waals surface area contributed by atoms with Gasteiger partial charge in [-0.25, -0.2) is 0 Å². The molecule has 1 amide bonds. The van der Waals surface area contributed by atoms with Crippen LogP contribution in [0.3, 0.4) is 0 Å². The van der Waals surface area contributed by atoms with Gasteiger partial charge in [0.25, 0.3) is 5.91 Å². The van der Waals surface area contributed by atoms with Crippen molar-refractivity contribution in [1.29, 1.82) is 5.26 Å². The van der Waals surface area contributed by atoms with E-state index >= 15 is 0 Å². The van der Waals surface area contributed by atoms with Crippen LogP contribution in [0.15, 0.2) is 46.3 Å². The number of aliphatic hydroxyl groups excluding tert-OH is 1. The quantitative estimate of drug-likeness (QED) is 0.646. The summed E-state index contributed by atoms with van der Waals surface area (Å²) in [5.41, 5.74) is 1.17. The average molecular weight is 458 g/mol. The zero-order chi connectivity index (χ0) is 22.5. The summed E-state index contributed by atoms with van der Waals surface area (Å²) in [7, 11) is 3.29. The highest BCUT2D eigenvalue weighted by Gasteiger charge is 2.25. The number of methoxy groups -OCH3 is 1. The van der Waals surface area contributed by atoms with Crippen LogP contribution < -0.4 is 9.47 Å². The van der Waals surface area contributed by atoms with Gasteiger partial charge >= 0.3 is 0 Å². The highest BCUT2D eigenvalue weighted by atomic mass is 35.5. The van der Waals surface area contributed by atoms with Crippen LogP contribution in [0.4, 0.5) is 0 Å². The van der Waals surface area contributed by atoms with Gasteiger partial charge in [0, 0.05) is 13.6 Å². The number of hydrogen-bond donors (Lipinski definition) is 1. The SMILES string of the molecule is COc1cc(/C=C2\SC(N(C)CC(C)O)=NC2=O)ccc1Oc1ccc(C#N)cc1Cl. The van der Waals surface area contributed by atoms with Crippen LogP contribution >= 0.6 is 23.4 Å². The van der Waals surface area contributed by atoms with Crippen molar-refractivity contribution in [2.75, 3.05) is 20.7 Å². The number of amidine groups is 1. The molecule has 1 atom stereocenters. The van der Waals surface area contributed by atoms with Crippen LogP contribution in [0.2, 0.25) is 5.02 Å². The van der Waals surface area contributed by atoms with Gasteiger partial charge in [0.05, 0.1) is 34.8 Å². The van der Waals surface area contributed by atoms with Gasteiger partial charge in [-0.05, 0) is 60.7 Å². The van der Waals surface area contributed by atoms with Crippen LogP contribution in [-0.4, -0.2) is 47.9 Å². The molecule has 1 N–H and O–H groups in total. The number of aliphatic imine (C=N–C) groups is 1. The third kappa shape index (κ3) is 5.58. The van der Waals surface area contributed by atoms with E-state index in [1.54, 1.807) is 55.3 Å². The van der Waals surface area contributed by atoms with Crippen LogP contribution in [0, 0.1) is 11.3 Å².